The minimum Gasteiger partial charge on any atom is -0.496 e. The van der Waals surface area contributed by atoms with Crippen molar-refractivity contribution in [2.24, 2.45) is 0 Å². The monoisotopic (exact) mass is 454 g/mol. The number of rotatable bonds is 6. The lowest BCUT2D eigenvalue weighted by molar-refractivity contribution is -0.115. The molecule has 0 saturated carbocycles. The summed E-state index contributed by atoms with van der Waals surface area (Å²) in [5.74, 6) is 0.743. The molecule has 0 saturated heterocycles. The smallest absolute Gasteiger partial charge is 0.343 e. The third-order valence-corrected chi connectivity index (χ3v) is 5.78. The Bertz CT molecular complexity index is 1230. The normalized spacial score (nSPS) is 10.8. The molecular weight excluding hydrogens is 436 g/mol. The second kappa shape index (κ2) is 9.20. The van der Waals surface area contributed by atoms with Crippen molar-refractivity contribution in [1.82, 2.24) is 15.1 Å². The van der Waals surface area contributed by atoms with E-state index < -0.39 is 0 Å². The fourth-order valence-electron chi connectivity index (χ4n) is 3.13. The van der Waals surface area contributed by atoms with Gasteiger partial charge in [0.25, 0.3) is 0 Å². The predicted octanol–water partition coefficient (Wildman–Crippen LogP) is 4.70. The van der Waals surface area contributed by atoms with E-state index in [2.05, 4.69) is 15.7 Å². The van der Waals surface area contributed by atoms with E-state index in [1.165, 1.54) is 16.0 Å². The van der Waals surface area contributed by atoms with Gasteiger partial charge in [0.15, 0.2) is 5.82 Å². The summed E-state index contributed by atoms with van der Waals surface area (Å²) in [6.45, 7) is 0.332. The van der Waals surface area contributed by atoms with Crippen molar-refractivity contribution < 1.29 is 14.3 Å². The molecule has 2 N–H and O–H groups in total. The number of carbonyl (C=O) groups excluding carboxylic acids is 2. The quantitative estimate of drug-likeness (QED) is 0.442. The number of carbonyl (C=O) groups is 2. The Morgan fingerprint density at radius 1 is 1.13 bits per heavy atom. The van der Waals surface area contributed by atoms with Crippen LogP contribution >= 0.6 is 22.9 Å². The first-order valence-corrected chi connectivity index (χ1v) is 10.7. The van der Waals surface area contributed by atoms with E-state index in [1.54, 1.807) is 25.3 Å². The molecule has 0 bridgehead atoms. The first kappa shape index (κ1) is 20.9. The highest BCUT2D eigenvalue weighted by Crippen LogP contribution is 2.28. The van der Waals surface area contributed by atoms with Crippen LogP contribution in [0.3, 0.4) is 0 Å². The van der Waals surface area contributed by atoms with Crippen molar-refractivity contribution in [2.45, 2.75) is 13.0 Å². The molecule has 0 radical (unpaired) electrons. The van der Waals surface area contributed by atoms with Crippen LogP contribution in [0.1, 0.15) is 11.1 Å². The molecule has 9 heteroatoms. The highest BCUT2D eigenvalue weighted by Gasteiger charge is 2.19. The van der Waals surface area contributed by atoms with Gasteiger partial charge in [0, 0.05) is 17.1 Å². The van der Waals surface area contributed by atoms with E-state index in [-0.39, 0.29) is 18.4 Å². The minimum absolute atomic E-state index is 0.130. The fraction of sp³-hybridized carbons (Fsp3) is 0.136. The summed E-state index contributed by atoms with van der Waals surface area (Å²) < 4.78 is 6.57. The van der Waals surface area contributed by atoms with Gasteiger partial charge in [-0.2, -0.15) is 4.68 Å². The average Bonchev–Trinajstić information content (AvgIpc) is 3.37. The molecule has 0 aliphatic rings. The predicted molar refractivity (Wildman–Crippen MR) is 122 cm³/mol. The molecule has 0 spiro atoms. The number of amides is 2. The zero-order valence-corrected chi connectivity index (χ0v) is 18.2. The van der Waals surface area contributed by atoms with Crippen LogP contribution in [-0.4, -0.2) is 28.8 Å². The summed E-state index contributed by atoms with van der Waals surface area (Å²) in [6.07, 6.45) is 0.130. The van der Waals surface area contributed by atoms with Crippen molar-refractivity contribution in [3.63, 3.8) is 0 Å². The Labute approximate surface area is 187 Å². The zero-order valence-electron chi connectivity index (χ0n) is 16.6. The average molecular weight is 455 g/mol. The number of hydrogen-bond acceptors (Lipinski definition) is 5. The number of anilines is 1. The van der Waals surface area contributed by atoms with E-state index in [0.29, 0.717) is 33.4 Å². The number of fused-ring (bicyclic) bond motifs is 1. The van der Waals surface area contributed by atoms with Crippen LogP contribution in [0.4, 0.5) is 10.6 Å². The summed E-state index contributed by atoms with van der Waals surface area (Å²) in [5, 5.41) is 13.2. The first-order chi connectivity index (χ1) is 15.0. The summed E-state index contributed by atoms with van der Waals surface area (Å²) in [6, 6.07) is 16.0. The summed E-state index contributed by atoms with van der Waals surface area (Å²) in [4.78, 5) is 26.0. The number of nitrogens with one attached hydrogen (secondary N) is 2. The second-order valence-corrected chi connectivity index (χ2v) is 8.05. The van der Waals surface area contributed by atoms with Crippen molar-refractivity contribution in [3.05, 3.63) is 76.1 Å². The second-order valence-electron chi connectivity index (χ2n) is 6.72. The number of nitrogens with zero attached hydrogens (tertiary/aromatic N) is 2. The van der Waals surface area contributed by atoms with Crippen molar-refractivity contribution in [3.8, 4) is 5.75 Å². The lowest BCUT2D eigenvalue weighted by Crippen LogP contribution is -2.28. The Hall–Kier alpha value is -3.36. The van der Waals surface area contributed by atoms with E-state index in [1.807, 2.05) is 41.8 Å². The highest BCUT2D eigenvalue weighted by atomic mass is 35.5. The Morgan fingerprint density at radius 2 is 1.90 bits per heavy atom. The van der Waals surface area contributed by atoms with Crippen molar-refractivity contribution >= 4 is 50.9 Å². The van der Waals surface area contributed by atoms with E-state index in [9.17, 15) is 9.59 Å². The van der Waals surface area contributed by atoms with Gasteiger partial charge >= 0.3 is 6.03 Å². The third-order valence-electron chi connectivity index (χ3n) is 4.64. The van der Waals surface area contributed by atoms with Crippen LogP contribution in [0.15, 0.2) is 60.0 Å². The Balaban J connectivity index is 1.48. The molecule has 31 heavy (non-hydrogen) atoms. The molecule has 4 aromatic rings. The van der Waals surface area contributed by atoms with Gasteiger partial charge in [-0.1, -0.05) is 41.9 Å². The number of methoxy groups -OCH3 is 1. The van der Waals surface area contributed by atoms with Crippen LogP contribution in [-0.2, 0) is 17.8 Å². The minimum atomic E-state index is -0.382. The zero-order chi connectivity index (χ0) is 21.8. The number of ether oxygens (including phenoxy) is 1. The van der Waals surface area contributed by atoms with Crippen LogP contribution in [0, 0.1) is 0 Å². The van der Waals surface area contributed by atoms with Crippen LogP contribution in [0.25, 0.3) is 10.2 Å². The molecule has 0 unspecified atom stereocenters. The van der Waals surface area contributed by atoms with Gasteiger partial charge in [0.2, 0.25) is 5.91 Å². The van der Waals surface area contributed by atoms with Gasteiger partial charge in [-0.25, -0.2) is 4.79 Å². The summed E-state index contributed by atoms with van der Waals surface area (Å²) in [5.41, 5.74) is 1.68. The van der Waals surface area contributed by atoms with Gasteiger partial charge in [-0.05, 0) is 35.2 Å². The molecular formula is C22H19ClN4O3S. The number of halogens is 1. The number of thiophene rings is 1. The van der Waals surface area contributed by atoms with Gasteiger partial charge in [0.1, 0.15) is 10.6 Å². The number of benzene rings is 2. The molecule has 0 aliphatic heterocycles. The molecule has 2 amide bonds. The van der Waals surface area contributed by atoms with E-state index in [4.69, 9.17) is 16.3 Å². The molecule has 4 rings (SSSR count). The number of aromatic nitrogens is 2. The molecule has 2 heterocycles. The SMILES string of the molecule is COc1ccccc1CC(=O)Nc1nn(C(=O)NCc2ccc(Cl)cc2)c2sccc12. The van der Waals surface area contributed by atoms with Crippen molar-refractivity contribution in [1.29, 1.82) is 0 Å². The van der Waals surface area contributed by atoms with Gasteiger partial charge < -0.3 is 15.4 Å². The maximum atomic E-state index is 12.7. The molecule has 2 aromatic carbocycles. The lowest BCUT2D eigenvalue weighted by Gasteiger charge is -2.08. The molecule has 0 atom stereocenters. The number of para-hydroxylation sites is 1. The summed E-state index contributed by atoms with van der Waals surface area (Å²) >= 11 is 7.27. The first-order valence-electron chi connectivity index (χ1n) is 9.46. The molecule has 0 fully saturated rings. The maximum Gasteiger partial charge on any atom is 0.343 e. The lowest BCUT2D eigenvalue weighted by atomic mass is 10.1. The van der Waals surface area contributed by atoms with Crippen LogP contribution in [0.5, 0.6) is 5.75 Å². The standard InChI is InChI=1S/C22H19ClN4O3S/c1-30-18-5-3-2-4-15(18)12-19(28)25-20-17-10-11-31-21(17)27(26-20)22(29)24-13-14-6-8-16(23)9-7-14/h2-11H,12-13H2,1H3,(H,24,29)(H,25,26,28). The Morgan fingerprint density at radius 3 is 2.68 bits per heavy atom. The van der Waals surface area contributed by atoms with E-state index in [0.717, 1.165) is 11.1 Å². The van der Waals surface area contributed by atoms with Gasteiger partial charge in [-0.15, -0.1) is 16.4 Å². The number of hydrogen-bond donors (Lipinski definition) is 2. The van der Waals surface area contributed by atoms with Gasteiger partial charge in [-0.3, -0.25) is 4.79 Å². The van der Waals surface area contributed by atoms with Crippen LogP contribution < -0.4 is 15.4 Å². The molecule has 158 valence electrons. The Kier molecular flexibility index (Phi) is 6.20. The molecule has 0 aliphatic carbocycles. The third kappa shape index (κ3) is 4.70. The van der Waals surface area contributed by atoms with E-state index >= 15 is 0 Å². The highest BCUT2D eigenvalue weighted by molar-refractivity contribution is 7.17. The fourth-order valence-corrected chi connectivity index (χ4v) is 4.10. The van der Waals surface area contributed by atoms with Crippen molar-refractivity contribution in [2.75, 3.05) is 12.4 Å². The van der Waals surface area contributed by atoms with Crippen LogP contribution in [0.2, 0.25) is 5.02 Å². The molecule has 2 aromatic heterocycles. The maximum absolute atomic E-state index is 12.7. The van der Waals surface area contributed by atoms with Gasteiger partial charge in [0.05, 0.1) is 18.9 Å². The largest absolute Gasteiger partial charge is 0.496 e. The molecule has 7 nitrogen and oxygen atoms in total. The summed E-state index contributed by atoms with van der Waals surface area (Å²) in [7, 11) is 1.57. The topological polar surface area (TPSA) is 85.2 Å².